The van der Waals surface area contributed by atoms with E-state index in [0.29, 0.717) is 12.5 Å². The number of rotatable bonds is 6. The van der Waals surface area contributed by atoms with Crippen molar-refractivity contribution in [1.82, 2.24) is 4.90 Å². The fourth-order valence-corrected chi connectivity index (χ4v) is 2.48. The molecular formula is C18H23ClN2. The molecule has 21 heavy (non-hydrogen) atoms. The molecule has 0 aliphatic rings. The van der Waals surface area contributed by atoms with Crippen LogP contribution in [0.1, 0.15) is 29.5 Å². The summed E-state index contributed by atoms with van der Waals surface area (Å²) in [6.07, 6.45) is 0. The third-order valence-corrected chi connectivity index (χ3v) is 3.97. The molecule has 2 nitrogen and oxygen atoms in total. The quantitative estimate of drug-likeness (QED) is 0.873. The number of hydrogen-bond donors (Lipinski definition) is 1. The Bertz CT molecular complexity index is 548. The lowest BCUT2D eigenvalue weighted by atomic mass is 10.00. The first-order valence-corrected chi connectivity index (χ1v) is 7.68. The highest BCUT2D eigenvalue weighted by molar-refractivity contribution is 6.30. The molecular weight excluding hydrogens is 280 g/mol. The highest BCUT2D eigenvalue weighted by Crippen LogP contribution is 2.16. The van der Waals surface area contributed by atoms with Gasteiger partial charge in [0.15, 0.2) is 0 Å². The van der Waals surface area contributed by atoms with E-state index in [0.717, 1.165) is 18.1 Å². The Kier molecular flexibility index (Phi) is 5.80. The maximum absolute atomic E-state index is 5.91. The van der Waals surface area contributed by atoms with E-state index in [4.69, 9.17) is 17.3 Å². The lowest BCUT2D eigenvalue weighted by molar-refractivity contribution is 0.319. The van der Waals surface area contributed by atoms with Gasteiger partial charge in [0.05, 0.1) is 0 Å². The Morgan fingerprint density at radius 3 is 1.90 bits per heavy atom. The summed E-state index contributed by atoms with van der Waals surface area (Å²) >= 11 is 5.91. The first-order valence-electron chi connectivity index (χ1n) is 7.30. The minimum atomic E-state index is 0.422. The van der Waals surface area contributed by atoms with Gasteiger partial charge in [-0.3, -0.25) is 4.90 Å². The van der Waals surface area contributed by atoms with Crippen molar-refractivity contribution < 1.29 is 0 Å². The van der Waals surface area contributed by atoms with Gasteiger partial charge in [0.2, 0.25) is 0 Å². The molecule has 0 radical (unpaired) electrons. The molecule has 112 valence electrons. The summed E-state index contributed by atoms with van der Waals surface area (Å²) in [7, 11) is 2.13. The second-order valence-corrected chi connectivity index (χ2v) is 6.11. The Hall–Kier alpha value is -1.35. The van der Waals surface area contributed by atoms with Gasteiger partial charge in [-0.15, -0.1) is 0 Å². The maximum Gasteiger partial charge on any atom is 0.0406 e. The lowest BCUT2D eigenvalue weighted by Gasteiger charge is -2.17. The fraction of sp³-hybridized carbons (Fsp3) is 0.333. The highest BCUT2D eigenvalue weighted by Gasteiger charge is 2.05. The van der Waals surface area contributed by atoms with Crippen molar-refractivity contribution in [3.8, 4) is 0 Å². The molecule has 2 aromatic carbocycles. The van der Waals surface area contributed by atoms with Gasteiger partial charge < -0.3 is 5.73 Å². The third-order valence-electron chi connectivity index (χ3n) is 3.72. The molecule has 1 atom stereocenters. The first-order chi connectivity index (χ1) is 10.1. The van der Waals surface area contributed by atoms with Crippen molar-refractivity contribution in [3.05, 3.63) is 70.2 Å². The van der Waals surface area contributed by atoms with Gasteiger partial charge in [0.1, 0.15) is 0 Å². The van der Waals surface area contributed by atoms with Crippen LogP contribution in [0.2, 0.25) is 5.02 Å². The molecule has 0 heterocycles. The molecule has 0 bridgehead atoms. The van der Waals surface area contributed by atoms with Crippen LogP contribution in [-0.4, -0.2) is 18.5 Å². The topological polar surface area (TPSA) is 29.3 Å². The standard InChI is InChI=1S/C18H23ClN2/c1-14(11-20)17-7-3-15(4-8-17)12-21(2)13-16-5-9-18(19)10-6-16/h3-10,14H,11-13,20H2,1-2H3. The molecule has 3 heteroatoms. The molecule has 0 aliphatic heterocycles. The molecule has 0 spiro atoms. The summed E-state index contributed by atoms with van der Waals surface area (Å²) < 4.78 is 0. The van der Waals surface area contributed by atoms with Crippen LogP contribution in [0.15, 0.2) is 48.5 Å². The van der Waals surface area contributed by atoms with Crippen molar-refractivity contribution in [3.63, 3.8) is 0 Å². The summed E-state index contributed by atoms with van der Waals surface area (Å²) in [5.41, 5.74) is 9.60. The molecule has 0 aliphatic carbocycles. The number of nitrogens with zero attached hydrogens (tertiary/aromatic N) is 1. The SMILES string of the molecule is CC(CN)c1ccc(CN(C)Cc2ccc(Cl)cc2)cc1. The van der Waals surface area contributed by atoms with E-state index >= 15 is 0 Å². The van der Waals surface area contributed by atoms with Crippen LogP contribution in [0.3, 0.4) is 0 Å². The van der Waals surface area contributed by atoms with Gasteiger partial charge in [-0.05, 0) is 48.3 Å². The van der Waals surface area contributed by atoms with Crippen LogP contribution < -0.4 is 5.73 Å². The molecule has 0 aromatic heterocycles. The zero-order chi connectivity index (χ0) is 15.2. The van der Waals surface area contributed by atoms with Crippen molar-refractivity contribution >= 4 is 11.6 Å². The average molecular weight is 303 g/mol. The van der Waals surface area contributed by atoms with Crippen LogP contribution in [0.5, 0.6) is 0 Å². The van der Waals surface area contributed by atoms with Gasteiger partial charge >= 0.3 is 0 Å². The second-order valence-electron chi connectivity index (χ2n) is 5.68. The van der Waals surface area contributed by atoms with Crippen LogP contribution in [0.25, 0.3) is 0 Å². The molecule has 0 fully saturated rings. The van der Waals surface area contributed by atoms with E-state index in [2.05, 4.69) is 55.3 Å². The van der Waals surface area contributed by atoms with E-state index in [9.17, 15) is 0 Å². The number of nitrogens with two attached hydrogens (primary N) is 1. The lowest BCUT2D eigenvalue weighted by Crippen LogP contribution is -2.17. The summed E-state index contributed by atoms with van der Waals surface area (Å²) in [4.78, 5) is 2.30. The largest absolute Gasteiger partial charge is 0.330 e. The zero-order valence-electron chi connectivity index (χ0n) is 12.7. The molecule has 2 aromatic rings. The van der Waals surface area contributed by atoms with Crippen LogP contribution in [-0.2, 0) is 13.1 Å². The number of hydrogen-bond acceptors (Lipinski definition) is 2. The maximum atomic E-state index is 5.91. The third kappa shape index (κ3) is 4.85. The summed E-state index contributed by atoms with van der Waals surface area (Å²) in [6, 6.07) is 16.8. The van der Waals surface area contributed by atoms with Crippen molar-refractivity contribution in [1.29, 1.82) is 0 Å². The molecule has 0 saturated carbocycles. The molecule has 1 unspecified atom stereocenters. The van der Waals surface area contributed by atoms with E-state index in [1.54, 1.807) is 0 Å². The average Bonchev–Trinajstić information content (AvgIpc) is 2.49. The smallest absolute Gasteiger partial charge is 0.0406 e. The van der Waals surface area contributed by atoms with E-state index in [1.165, 1.54) is 16.7 Å². The first kappa shape index (κ1) is 16.0. The van der Waals surface area contributed by atoms with Gasteiger partial charge in [0.25, 0.3) is 0 Å². The minimum absolute atomic E-state index is 0.422. The molecule has 0 amide bonds. The van der Waals surface area contributed by atoms with Crippen LogP contribution in [0.4, 0.5) is 0 Å². The Morgan fingerprint density at radius 2 is 1.43 bits per heavy atom. The van der Waals surface area contributed by atoms with Crippen molar-refractivity contribution in [2.24, 2.45) is 5.73 Å². The van der Waals surface area contributed by atoms with E-state index < -0.39 is 0 Å². The van der Waals surface area contributed by atoms with Gasteiger partial charge in [0, 0.05) is 18.1 Å². The summed E-state index contributed by atoms with van der Waals surface area (Å²) in [5, 5.41) is 0.783. The van der Waals surface area contributed by atoms with E-state index in [-0.39, 0.29) is 0 Å². The fourth-order valence-electron chi connectivity index (χ4n) is 2.36. The van der Waals surface area contributed by atoms with Gasteiger partial charge in [-0.1, -0.05) is 54.9 Å². The molecule has 0 saturated heterocycles. The van der Waals surface area contributed by atoms with Crippen molar-refractivity contribution in [2.45, 2.75) is 25.9 Å². The monoisotopic (exact) mass is 302 g/mol. The summed E-state index contributed by atoms with van der Waals surface area (Å²) in [6.45, 7) is 4.69. The van der Waals surface area contributed by atoms with Crippen LogP contribution >= 0.6 is 11.6 Å². The predicted octanol–water partition coefficient (Wildman–Crippen LogP) is 4.03. The Morgan fingerprint density at radius 1 is 0.952 bits per heavy atom. The highest BCUT2D eigenvalue weighted by atomic mass is 35.5. The Balaban J connectivity index is 1.93. The van der Waals surface area contributed by atoms with Crippen LogP contribution in [0, 0.1) is 0 Å². The molecule has 2 rings (SSSR count). The Labute approximate surface area is 132 Å². The van der Waals surface area contributed by atoms with E-state index in [1.807, 2.05) is 12.1 Å². The summed E-state index contributed by atoms with van der Waals surface area (Å²) in [5.74, 6) is 0.422. The number of halogens is 1. The predicted molar refractivity (Wildman–Crippen MR) is 90.5 cm³/mol. The van der Waals surface area contributed by atoms with Gasteiger partial charge in [-0.25, -0.2) is 0 Å². The zero-order valence-corrected chi connectivity index (χ0v) is 13.5. The second kappa shape index (κ2) is 7.60. The number of benzene rings is 2. The molecule has 2 N–H and O–H groups in total. The van der Waals surface area contributed by atoms with Gasteiger partial charge in [-0.2, -0.15) is 0 Å². The minimum Gasteiger partial charge on any atom is -0.330 e. The van der Waals surface area contributed by atoms with Crippen molar-refractivity contribution in [2.75, 3.05) is 13.6 Å². The normalized spacial score (nSPS) is 12.6.